The Morgan fingerprint density at radius 3 is 2.38 bits per heavy atom. The lowest BCUT2D eigenvalue weighted by Gasteiger charge is -2.15. The van der Waals surface area contributed by atoms with Crippen LogP contribution in [0.15, 0.2) is 30.6 Å². The van der Waals surface area contributed by atoms with Crippen molar-refractivity contribution in [2.24, 2.45) is 0 Å². The Hall–Kier alpha value is -2.83. The minimum Gasteiger partial charge on any atom is -0.493 e. The van der Waals surface area contributed by atoms with Gasteiger partial charge < -0.3 is 20.1 Å². The Morgan fingerprint density at radius 2 is 1.72 bits per heavy atom. The predicted octanol–water partition coefficient (Wildman–Crippen LogP) is 3.60. The van der Waals surface area contributed by atoms with E-state index in [9.17, 15) is 4.79 Å². The number of carbonyl (C=O) groups is 1. The second-order valence-corrected chi connectivity index (χ2v) is 7.32. The highest BCUT2D eigenvalue weighted by Gasteiger charge is 2.14. The van der Waals surface area contributed by atoms with Crippen molar-refractivity contribution in [2.75, 3.05) is 26.1 Å². The summed E-state index contributed by atoms with van der Waals surface area (Å²) in [5, 5.41) is 6.31. The van der Waals surface area contributed by atoms with Crippen LogP contribution in [0.2, 0.25) is 0 Å². The minimum atomic E-state index is -0.175. The van der Waals surface area contributed by atoms with Crippen LogP contribution < -0.4 is 20.1 Å². The summed E-state index contributed by atoms with van der Waals surface area (Å²) < 4.78 is 10.6. The molecule has 1 aromatic carbocycles. The molecule has 29 heavy (non-hydrogen) atoms. The number of hydrogen-bond acceptors (Lipinski definition) is 6. The summed E-state index contributed by atoms with van der Waals surface area (Å²) >= 11 is 0. The summed E-state index contributed by atoms with van der Waals surface area (Å²) in [6, 6.07) is 6.18. The lowest BCUT2D eigenvalue weighted by Crippen LogP contribution is -2.26. The second kappa shape index (κ2) is 10.6. The van der Waals surface area contributed by atoms with Crippen molar-refractivity contribution in [2.45, 2.75) is 51.0 Å². The quantitative estimate of drug-likeness (QED) is 0.661. The maximum atomic E-state index is 12.3. The molecule has 7 heteroatoms. The highest BCUT2D eigenvalue weighted by Crippen LogP contribution is 2.27. The van der Waals surface area contributed by atoms with Gasteiger partial charge in [-0.2, -0.15) is 0 Å². The Bertz CT molecular complexity index is 787. The van der Waals surface area contributed by atoms with E-state index in [0.717, 1.165) is 18.4 Å². The van der Waals surface area contributed by atoms with Gasteiger partial charge >= 0.3 is 0 Å². The number of anilines is 1. The van der Waals surface area contributed by atoms with Crippen molar-refractivity contribution >= 4 is 11.9 Å². The van der Waals surface area contributed by atoms with Gasteiger partial charge in [0.05, 0.1) is 19.8 Å². The summed E-state index contributed by atoms with van der Waals surface area (Å²) in [5.41, 5.74) is 1.52. The fraction of sp³-hybridized carbons (Fsp3) is 0.500. The molecule has 7 nitrogen and oxygen atoms in total. The molecule has 1 amide bonds. The summed E-state index contributed by atoms with van der Waals surface area (Å²) in [5.74, 6) is 1.79. The summed E-state index contributed by atoms with van der Waals surface area (Å²) in [6.45, 7) is 0.510. The number of nitrogens with one attached hydrogen (secondary N) is 2. The Kier molecular flexibility index (Phi) is 7.67. The van der Waals surface area contributed by atoms with Crippen LogP contribution in [0.25, 0.3) is 0 Å². The average molecular weight is 399 g/mol. The first-order chi connectivity index (χ1) is 14.2. The van der Waals surface area contributed by atoms with Crippen molar-refractivity contribution in [3.8, 4) is 11.5 Å². The maximum absolute atomic E-state index is 12.3. The highest BCUT2D eigenvalue weighted by atomic mass is 16.5. The molecule has 0 aliphatic heterocycles. The molecule has 2 aromatic rings. The van der Waals surface area contributed by atoms with Crippen LogP contribution in [0.3, 0.4) is 0 Å². The Labute approximate surface area is 172 Å². The van der Waals surface area contributed by atoms with Crippen LogP contribution in [-0.4, -0.2) is 42.7 Å². The van der Waals surface area contributed by atoms with Crippen LogP contribution in [0, 0.1) is 0 Å². The summed E-state index contributed by atoms with van der Waals surface area (Å²) in [6.07, 6.45) is 11.3. The normalized spacial score (nSPS) is 14.7. The van der Waals surface area contributed by atoms with Gasteiger partial charge in [0.15, 0.2) is 11.5 Å². The van der Waals surface area contributed by atoms with Gasteiger partial charge in [0.25, 0.3) is 5.91 Å². The van der Waals surface area contributed by atoms with E-state index in [1.807, 2.05) is 18.2 Å². The molecule has 0 unspecified atom stereocenters. The SMILES string of the molecule is COc1ccc(CCNC(=O)c2cnc(NC3CCCCCC3)nc2)cc1OC. The third-order valence-electron chi connectivity index (χ3n) is 5.25. The van der Waals surface area contributed by atoms with E-state index < -0.39 is 0 Å². The zero-order chi connectivity index (χ0) is 20.5. The first-order valence-corrected chi connectivity index (χ1v) is 10.3. The molecule has 2 N–H and O–H groups in total. The molecule has 1 heterocycles. The number of rotatable bonds is 8. The number of hydrogen-bond donors (Lipinski definition) is 2. The average Bonchev–Trinajstić information content (AvgIpc) is 3.02. The van der Waals surface area contributed by atoms with E-state index in [2.05, 4.69) is 20.6 Å². The number of methoxy groups -OCH3 is 2. The topological polar surface area (TPSA) is 85.4 Å². The molecule has 0 bridgehead atoms. The number of aromatic nitrogens is 2. The van der Waals surface area contributed by atoms with Gasteiger partial charge in [-0.15, -0.1) is 0 Å². The van der Waals surface area contributed by atoms with Gasteiger partial charge in [0.2, 0.25) is 5.95 Å². The molecule has 0 spiro atoms. The monoisotopic (exact) mass is 398 g/mol. The fourth-order valence-corrected chi connectivity index (χ4v) is 3.58. The van der Waals surface area contributed by atoms with Crippen LogP contribution in [0.5, 0.6) is 11.5 Å². The van der Waals surface area contributed by atoms with Gasteiger partial charge in [-0.1, -0.05) is 31.7 Å². The smallest absolute Gasteiger partial charge is 0.254 e. The zero-order valence-corrected chi connectivity index (χ0v) is 17.2. The van der Waals surface area contributed by atoms with E-state index in [0.29, 0.717) is 42.0 Å². The molecule has 1 aliphatic rings. The molecule has 1 aliphatic carbocycles. The van der Waals surface area contributed by atoms with Gasteiger partial charge in [0.1, 0.15) is 0 Å². The van der Waals surface area contributed by atoms with Crippen molar-refractivity contribution in [3.63, 3.8) is 0 Å². The number of carbonyl (C=O) groups excluding carboxylic acids is 1. The number of ether oxygens (including phenoxy) is 2. The molecule has 0 atom stereocenters. The minimum absolute atomic E-state index is 0.175. The molecule has 0 radical (unpaired) electrons. The molecular weight excluding hydrogens is 368 g/mol. The number of nitrogens with zero attached hydrogens (tertiary/aromatic N) is 2. The van der Waals surface area contributed by atoms with Gasteiger partial charge in [-0.05, 0) is 37.0 Å². The number of amides is 1. The lowest BCUT2D eigenvalue weighted by molar-refractivity contribution is 0.0953. The second-order valence-electron chi connectivity index (χ2n) is 7.32. The van der Waals surface area contributed by atoms with Crippen LogP contribution >= 0.6 is 0 Å². The molecule has 1 saturated carbocycles. The predicted molar refractivity (Wildman–Crippen MR) is 113 cm³/mol. The van der Waals surface area contributed by atoms with Crippen molar-refractivity contribution in [3.05, 3.63) is 41.7 Å². The van der Waals surface area contributed by atoms with Crippen molar-refractivity contribution < 1.29 is 14.3 Å². The largest absolute Gasteiger partial charge is 0.493 e. The molecular formula is C22H30N4O3. The van der Waals surface area contributed by atoms with E-state index in [-0.39, 0.29) is 5.91 Å². The van der Waals surface area contributed by atoms with Crippen LogP contribution in [0.4, 0.5) is 5.95 Å². The maximum Gasteiger partial charge on any atom is 0.254 e. The van der Waals surface area contributed by atoms with Gasteiger partial charge in [-0.25, -0.2) is 9.97 Å². The van der Waals surface area contributed by atoms with E-state index in [4.69, 9.17) is 9.47 Å². The molecule has 156 valence electrons. The third kappa shape index (κ3) is 6.07. The lowest BCUT2D eigenvalue weighted by atomic mass is 10.1. The Balaban J connectivity index is 1.48. The van der Waals surface area contributed by atoms with E-state index >= 15 is 0 Å². The third-order valence-corrected chi connectivity index (χ3v) is 5.25. The molecule has 3 rings (SSSR count). The highest BCUT2D eigenvalue weighted by molar-refractivity contribution is 5.93. The standard InChI is InChI=1S/C22H30N4O3/c1-28-19-10-9-16(13-20(19)29-2)11-12-23-21(27)17-14-24-22(25-15-17)26-18-7-5-3-4-6-8-18/h9-10,13-15,18H,3-8,11-12H2,1-2H3,(H,23,27)(H,24,25,26). The Morgan fingerprint density at radius 1 is 1.03 bits per heavy atom. The summed E-state index contributed by atoms with van der Waals surface area (Å²) in [7, 11) is 3.22. The van der Waals surface area contributed by atoms with Crippen LogP contribution in [0.1, 0.15) is 54.4 Å². The molecule has 0 saturated heterocycles. The fourth-order valence-electron chi connectivity index (χ4n) is 3.58. The zero-order valence-electron chi connectivity index (χ0n) is 17.2. The van der Waals surface area contributed by atoms with Gasteiger partial charge in [-0.3, -0.25) is 4.79 Å². The molecule has 1 fully saturated rings. The first kappa shape index (κ1) is 20.9. The van der Waals surface area contributed by atoms with Gasteiger partial charge in [0, 0.05) is 25.0 Å². The summed E-state index contributed by atoms with van der Waals surface area (Å²) in [4.78, 5) is 21.0. The van der Waals surface area contributed by atoms with E-state index in [1.165, 1.54) is 25.7 Å². The van der Waals surface area contributed by atoms with E-state index in [1.54, 1.807) is 26.6 Å². The van der Waals surface area contributed by atoms with Crippen LogP contribution in [-0.2, 0) is 6.42 Å². The van der Waals surface area contributed by atoms with Crippen molar-refractivity contribution in [1.29, 1.82) is 0 Å². The number of benzene rings is 1. The van der Waals surface area contributed by atoms with Crippen molar-refractivity contribution in [1.82, 2.24) is 15.3 Å². The first-order valence-electron chi connectivity index (χ1n) is 10.3. The molecule has 1 aromatic heterocycles.